The van der Waals surface area contributed by atoms with E-state index in [1.165, 1.54) is 5.56 Å². The summed E-state index contributed by atoms with van der Waals surface area (Å²) in [5.74, 6) is 3.46. The molecule has 8 aromatic carbocycles. The van der Waals surface area contributed by atoms with Crippen molar-refractivity contribution in [3.63, 3.8) is 0 Å². The van der Waals surface area contributed by atoms with Gasteiger partial charge in [-0.1, -0.05) is 158 Å². The van der Waals surface area contributed by atoms with Gasteiger partial charge in [0.25, 0.3) is 0 Å². The highest BCUT2D eigenvalue weighted by atomic mass is 16.5. The van der Waals surface area contributed by atoms with Crippen LogP contribution in [-0.2, 0) is 5.41 Å². The summed E-state index contributed by atoms with van der Waals surface area (Å²) in [6.45, 7) is 0. The first kappa shape index (κ1) is 33.4. The molecular formula is C53H32N4O. The summed E-state index contributed by atoms with van der Waals surface area (Å²) in [6.07, 6.45) is 0. The molecule has 5 heteroatoms. The standard InChI is InChI=1S/C53H32N4O/c54-33-34-19-21-37(22-20-34)40-27-29-42-43-30-28-41(32-47(43)53(46(42)31-40)44-15-7-9-17-48(44)58-49-18-10-8-16-45(49)53)52-56-50(38-13-5-2-6-14-38)55-51(57-52)39-25-23-36(24-26-39)35-11-3-1-4-12-35/h1-32H. The molecule has 11 rings (SSSR count). The molecule has 1 spiro atoms. The number of para-hydroxylation sites is 2. The first-order valence-electron chi connectivity index (χ1n) is 19.3. The van der Waals surface area contributed by atoms with Gasteiger partial charge in [-0.05, 0) is 80.9 Å². The van der Waals surface area contributed by atoms with Gasteiger partial charge < -0.3 is 4.74 Å². The average molecular weight is 741 g/mol. The lowest BCUT2D eigenvalue weighted by Crippen LogP contribution is -2.32. The summed E-state index contributed by atoms with van der Waals surface area (Å²) in [7, 11) is 0. The van der Waals surface area contributed by atoms with Crippen molar-refractivity contribution in [2.24, 2.45) is 0 Å². The number of nitrogens with zero attached hydrogens (tertiary/aromatic N) is 4. The normalized spacial score (nSPS) is 12.7. The zero-order valence-electron chi connectivity index (χ0n) is 31.2. The van der Waals surface area contributed by atoms with Crippen molar-refractivity contribution in [2.45, 2.75) is 5.41 Å². The van der Waals surface area contributed by atoms with E-state index in [2.05, 4.69) is 127 Å². The van der Waals surface area contributed by atoms with Crippen LogP contribution >= 0.6 is 0 Å². The molecule has 2 aliphatic rings. The van der Waals surface area contributed by atoms with Crippen LogP contribution in [0.3, 0.4) is 0 Å². The van der Waals surface area contributed by atoms with Crippen molar-refractivity contribution in [1.82, 2.24) is 15.0 Å². The highest BCUT2D eigenvalue weighted by molar-refractivity contribution is 5.91. The minimum Gasteiger partial charge on any atom is -0.457 e. The molecule has 1 aromatic heterocycles. The van der Waals surface area contributed by atoms with Crippen molar-refractivity contribution in [3.05, 3.63) is 222 Å². The minimum atomic E-state index is -0.708. The maximum Gasteiger partial charge on any atom is 0.164 e. The third-order valence-electron chi connectivity index (χ3n) is 11.5. The maximum atomic E-state index is 9.50. The predicted molar refractivity (Wildman–Crippen MR) is 229 cm³/mol. The molecule has 0 bridgehead atoms. The Morgan fingerprint density at radius 1 is 0.362 bits per heavy atom. The molecule has 0 N–H and O–H groups in total. The molecular weight excluding hydrogens is 709 g/mol. The Labute approximate surface area is 336 Å². The lowest BCUT2D eigenvalue weighted by atomic mass is 9.65. The van der Waals surface area contributed by atoms with Crippen molar-refractivity contribution in [1.29, 1.82) is 5.26 Å². The lowest BCUT2D eigenvalue weighted by molar-refractivity contribution is 0.436. The Balaban J connectivity index is 1.13. The first-order chi connectivity index (χ1) is 28.7. The number of rotatable bonds is 5. The SMILES string of the molecule is N#Cc1ccc(-c2ccc3c(c2)C2(c4ccccc4Oc4ccccc42)c2cc(-c4nc(-c5ccccc5)nc(-c5ccc(-c6ccccc6)cc5)n4)ccc2-3)cc1. The van der Waals surface area contributed by atoms with Crippen LogP contribution in [-0.4, -0.2) is 15.0 Å². The molecule has 270 valence electrons. The molecule has 9 aromatic rings. The zero-order chi connectivity index (χ0) is 38.6. The average Bonchev–Trinajstić information content (AvgIpc) is 3.58. The van der Waals surface area contributed by atoms with Crippen molar-refractivity contribution < 1.29 is 4.74 Å². The third-order valence-corrected chi connectivity index (χ3v) is 11.5. The van der Waals surface area contributed by atoms with Crippen LogP contribution < -0.4 is 4.74 Å². The molecule has 0 atom stereocenters. The van der Waals surface area contributed by atoms with E-state index < -0.39 is 5.41 Å². The third kappa shape index (κ3) is 5.27. The zero-order valence-corrected chi connectivity index (χ0v) is 31.2. The largest absolute Gasteiger partial charge is 0.457 e. The maximum absolute atomic E-state index is 9.50. The van der Waals surface area contributed by atoms with Gasteiger partial charge >= 0.3 is 0 Å². The predicted octanol–water partition coefficient (Wildman–Crippen LogP) is 12.5. The van der Waals surface area contributed by atoms with Crippen LogP contribution in [0.2, 0.25) is 0 Å². The van der Waals surface area contributed by atoms with Crippen LogP contribution in [0.1, 0.15) is 27.8 Å². The molecule has 1 aliphatic heterocycles. The highest BCUT2D eigenvalue weighted by Gasteiger charge is 2.51. The number of benzene rings is 8. The molecule has 0 radical (unpaired) electrons. The number of hydrogen-bond donors (Lipinski definition) is 0. The smallest absolute Gasteiger partial charge is 0.164 e. The van der Waals surface area contributed by atoms with Gasteiger partial charge in [0.15, 0.2) is 17.5 Å². The van der Waals surface area contributed by atoms with E-state index in [1.807, 2.05) is 72.8 Å². The Kier molecular flexibility index (Phi) is 7.70. The topological polar surface area (TPSA) is 71.7 Å². The fraction of sp³-hybridized carbons (Fsp3) is 0.0189. The summed E-state index contributed by atoms with van der Waals surface area (Å²) in [5.41, 5.74) is 13.8. The fourth-order valence-corrected chi connectivity index (χ4v) is 8.75. The first-order valence-corrected chi connectivity index (χ1v) is 19.3. The quantitative estimate of drug-likeness (QED) is 0.176. The molecule has 0 saturated carbocycles. The van der Waals surface area contributed by atoms with Crippen molar-refractivity contribution in [2.75, 3.05) is 0 Å². The Morgan fingerprint density at radius 3 is 1.34 bits per heavy atom. The summed E-state index contributed by atoms with van der Waals surface area (Å²) in [5, 5.41) is 9.50. The second-order valence-electron chi connectivity index (χ2n) is 14.7. The molecule has 0 amide bonds. The highest BCUT2D eigenvalue weighted by Crippen LogP contribution is 2.62. The van der Waals surface area contributed by atoms with E-state index in [1.54, 1.807) is 0 Å². The second kappa shape index (κ2) is 13.4. The van der Waals surface area contributed by atoms with E-state index in [4.69, 9.17) is 19.7 Å². The van der Waals surface area contributed by atoms with E-state index in [0.717, 1.165) is 78.3 Å². The van der Waals surface area contributed by atoms with E-state index in [-0.39, 0.29) is 0 Å². The molecule has 0 unspecified atom stereocenters. The number of aromatic nitrogens is 3. The van der Waals surface area contributed by atoms with Gasteiger partial charge in [-0.15, -0.1) is 0 Å². The summed E-state index contributed by atoms with van der Waals surface area (Å²) < 4.78 is 6.65. The lowest BCUT2D eigenvalue weighted by Gasteiger charge is -2.39. The van der Waals surface area contributed by atoms with Gasteiger partial charge in [0.05, 0.1) is 17.0 Å². The van der Waals surface area contributed by atoms with Crippen LogP contribution in [0.4, 0.5) is 0 Å². The second-order valence-corrected chi connectivity index (χ2v) is 14.7. The summed E-state index contributed by atoms with van der Waals surface area (Å²) in [4.78, 5) is 15.4. The van der Waals surface area contributed by atoms with Gasteiger partial charge in [0.1, 0.15) is 11.5 Å². The van der Waals surface area contributed by atoms with E-state index in [0.29, 0.717) is 23.0 Å². The summed E-state index contributed by atoms with van der Waals surface area (Å²) >= 11 is 0. The van der Waals surface area contributed by atoms with Crippen LogP contribution in [0.25, 0.3) is 67.5 Å². The molecule has 0 fully saturated rings. The van der Waals surface area contributed by atoms with Gasteiger partial charge in [-0.25, -0.2) is 15.0 Å². The van der Waals surface area contributed by atoms with Crippen LogP contribution in [0.5, 0.6) is 11.5 Å². The molecule has 58 heavy (non-hydrogen) atoms. The molecule has 5 nitrogen and oxygen atoms in total. The monoisotopic (exact) mass is 740 g/mol. The summed E-state index contributed by atoms with van der Waals surface area (Å²) in [6, 6.07) is 69.1. The number of fused-ring (bicyclic) bond motifs is 9. The van der Waals surface area contributed by atoms with Crippen molar-refractivity contribution in [3.8, 4) is 85.1 Å². The number of nitriles is 1. The Morgan fingerprint density at radius 2 is 0.759 bits per heavy atom. The van der Waals surface area contributed by atoms with Gasteiger partial charge in [0.2, 0.25) is 0 Å². The van der Waals surface area contributed by atoms with Crippen LogP contribution in [0, 0.1) is 11.3 Å². The fourth-order valence-electron chi connectivity index (χ4n) is 8.75. The molecule has 2 heterocycles. The van der Waals surface area contributed by atoms with E-state index in [9.17, 15) is 5.26 Å². The molecule has 0 saturated heterocycles. The van der Waals surface area contributed by atoms with E-state index >= 15 is 0 Å². The van der Waals surface area contributed by atoms with Gasteiger partial charge in [-0.3, -0.25) is 0 Å². The Hall–Kier alpha value is -7.94. The van der Waals surface area contributed by atoms with Gasteiger partial charge in [-0.2, -0.15) is 5.26 Å². The molecule has 1 aliphatic carbocycles. The number of hydrogen-bond acceptors (Lipinski definition) is 5. The number of ether oxygens (including phenoxy) is 1. The Bertz CT molecular complexity index is 3030. The van der Waals surface area contributed by atoms with Crippen molar-refractivity contribution >= 4 is 0 Å². The minimum absolute atomic E-state index is 0.594. The van der Waals surface area contributed by atoms with Crippen LogP contribution in [0.15, 0.2) is 194 Å². The van der Waals surface area contributed by atoms with Gasteiger partial charge in [0, 0.05) is 27.8 Å².